The molecule has 0 saturated carbocycles. The standard InChI is InChI=1S/C25H28N4O3/c1-2-29(20-9-5-3-6-10-20)25(31)22-17-26-27-24(22)19-13-15-28(16-14-19)23(30)18-32-21-11-7-4-8-12-21/h3-12,17,19H,2,13-16,18H2,1H3,(H,26,27). The number of aromatic nitrogens is 2. The van der Waals surface area contributed by atoms with Crippen LogP contribution in [0.4, 0.5) is 5.69 Å². The van der Waals surface area contributed by atoms with Gasteiger partial charge in [-0.3, -0.25) is 14.7 Å². The summed E-state index contributed by atoms with van der Waals surface area (Å²) < 4.78 is 5.59. The van der Waals surface area contributed by atoms with E-state index in [1.165, 1.54) is 0 Å². The van der Waals surface area contributed by atoms with Gasteiger partial charge in [-0.25, -0.2) is 0 Å². The molecule has 2 aromatic carbocycles. The number of hydrogen-bond acceptors (Lipinski definition) is 4. The van der Waals surface area contributed by atoms with Crippen LogP contribution in [0.2, 0.25) is 0 Å². The van der Waals surface area contributed by atoms with E-state index in [9.17, 15) is 9.59 Å². The average Bonchev–Trinajstić information content (AvgIpc) is 3.34. The van der Waals surface area contributed by atoms with Crippen LogP contribution in [0.3, 0.4) is 0 Å². The van der Waals surface area contributed by atoms with Gasteiger partial charge in [0.2, 0.25) is 0 Å². The molecule has 0 radical (unpaired) electrons. The third kappa shape index (κ3) is 4.82. The molecule has 1 saturated heterocycles. The molecular formula is C25H28N4O3. The zero-order valence-corrected chi connectivity index (χ0v) is 18.2. The second-order valence-corrected chi connectivity index (χ2v) is 7.84. The summed E-state index contributed by atoms with van der Waals surface area (Å²) in [6.45, 7) is 3.83. The van der Waals surface area contributed by atoms with Gasteiger partial charge >= 0.3 is 0 Å². The summed E-state index contributed by atoms with van der Waals surface area (Å²) in [6.07, 6.45) is 3.17. The highest BCUT2D eigenvalue weighted by Gasteiger charge is 2.29. The zero-order valence-electron chi connectivity index (χ0n) is 18.2. The summed E-state index contributed by atoms with van der Waals surface area (Å²) in [5, 5.41) is 7.22. The first-order chi connectivity index (χ1) is 15.7. The molecule has 7 heteroatoms. The SMILES string of the molecule is CCN(C(=O)c1cn[nH]c1C1CCN(C(=O)COc2ccccc2)CC1)c1ccccc1. The van der Waals surface area contributed by atoms with Crippen LogP contribution >= 0.6 is 0 Å². The Hall–Kier alpha value is -3.61. The minimum Gasteiger partial charge on any atom is -0.484 e. The van der Waals surface area contributed by atoms with Crippen LogP contribution in [-0.2, 0) is 4.79 Å². The Balaban J connectivity index is 1.37. The number of para-hydroxylation sites is 2. The van der Waals surface area contributed by atoms with Crippen molar-refractivity contribution >= 4 is 17.5 Å². The molecule has 32 heavy (non-hydrogen) atoms. The molecule has 2 heterocycles. The lowest BCUT2D eigenvalue weighted by molar-refractivity contribution is -0.134. The Morgan fingerprint density at radius 2 is 1.72 bits per heavy atom. The largest absolute Gasteiger partial charge is 0.484 e. The number of carbonyl (C=O) groups is 2. The van der Waals surface area contributed by atoms with E-state index in [-0.39, 0.29) is 24.3 Å². The van der Waals surface area contributed by atoms with Crippen molar-refractivity contribution in [2.45, 2.75) is 25.7 Å². The number of aromatic amines is 1. The minimum absolute atomic E-state index is 0.0190. The Morgan fingerprint density at radius 3 is 2.38 bits per heavy atom. The second-order valence-electron chi connectivity index (χ2n) is 7.84. The predicted molar refractivity (Wildman–Crippen MR) is 123 cm³/mol. The molecule has 7 nitrogen and oxygen atoms in total. The number of nitrogens with one attached hydrogen (secondary N) is 1. The Morgan fingerprint density at radius 1 is 1.06 bits per heavy atom. The number of carbonyl (C=O) groups excluding carboxylic acids is 2. The number of amides is 2. The third-order valence-electron chi connectivity index (χ3n) is 5.89. The summed E-state index contributed by atoms with van der Waals surface area (Å²) in [6, 6.07) is 19.0. The van der Waals surface area contributed by atoms with Crippen LogP contribution in [0.25, 0.3) is 0 Å². The Kier molecular flexibility index (Phi) is 6.84. The van der Waals surface area contributed by atoms with Crippen LogP contribution in [0.5, 0.6) is 5.75 Å². The average molecular weight is 433 g/mol. The number of hydrogen-bond donors (Lipinski definition) is 1. The second kappa shape index (κ2) is 10.1. The van der Waals surface area contributed by atoms with Gasteiger partial charge in [0, 0.05) is 31.2 Å². The number of piperidine rings is 1. The molecule has 0 unspecified atom stereocenters. The van der Waals surface area contributed by atoms with Crippen molar-refractivity contribution < 1.29 is 14.3 Å². The van der Waals surface area contributed by atoms with Crippen molar-refractivity contribution in [3.63, 3.8) is 0 Å². The number of ether oxygens (including phenoxy) is 1. The maximum atomic E-state index is 13.3. The van der Waals surface area contributed by atoms with Crippen molar-refractivity contribution in [2.24, 2.45) is 0 Å². The number of rotatable bonds is 7. The lowest BCUT2D eigenvalue weighted by atomic mass is 9.91. The molecule has 1 aliphatic heterocycles. The van der Waals surface area contributed by atoms with E-state index in [1.807, 2.05) is 72.5 Å². The van der Waals surface area contributed by atoms with Gasteiger partial charge in [0.1, 0.15) is 5.75 Å². The number of nitrogens with zero attached hydrogens (tertiary/aromatic N) is 3. The topological polar surface area (TPSA) is 78.5 Å². The fourth-order valence-corrected chi connectivity index (χ4v) is 4.15. The molecule has 0 atom stereocenters. The van der Waals surface area contributed by atoms with Gasteiger partial charge in [0.25, 0.3) is 11.8 Å². The number of benzene rings is 2. The maximum absolute atomic E-state index is 13.3. The molecule has 3 aromatic rings. The van der Waals surface area contributed by atoms with Crippen LogP contribution in [0.15, 0.2) is 66.9 Å². The minimum atomic E-state index is -0.0581. The molecule has 4 rings (SSSR count). The molecule has 1 aromatic heterocycles. The Bertz CT molecular complexity index is 1030. The number of H-pyrrole nitrogens is 1. The van der Waals surface area contributed by atoms with Crippen molar-refractivity contribution in [1.29, 1.82) is 0 Å². The Labute approximate surface area is 188 Å². The predicted octanol–water partition coefficient (Wildman–Crippen LogP) is 3.86. The van der Waals surface area contributed by atoms with Gasteiger partial charge in [0.15, 0.2) is 6.61 Å². The molecule has 2 amide bonds. The van der Waals surface area contributed by atoms with Crippen LogP contribution in [0, 0.1) is 0 Å². The first-order valence-electron chi connectivity index (χ1n) is 11.0. The third-order valence-corrected chi connectivity index (χ3v) is 5.89. The highest BCUT2D eigenvalue weighted by molar-refractivity contribution is 6.06. The molecule has 1 fully saturated rings. The van der Waals surface area contributed by atoms with Gasteiger partial charge in [0.05, 0.1) is 17.5 Å². The van der Waals surface area contributed by atoms with Gasteiger partial charge < -0.3 is 14.5 Å². The number of anilines is 1. The van der Waals surface area contributed by atoms with Gasteiger partial charge in [-0.05, 0) is 44.0 Å². The van der Waals surface area contributed by atoms with Crippen LogP contribution in [0.1, 0.15) is 41.7 Å². The lowest BCUT2D eigenvalue weighted by Crippen LogP contribution is -2.41. The van der Waals surface area contributed by atoms with E-state index < -0.39 is 0 Å². The molecule has 166 valence electrons. The quantitative estimate of drug-likeness (QED) is 0.615. The van der Waals surface area contributed by atoms with Gasteiger partial charge in [-0.2, -0.15) is 5.10 Å². The molecule has 1 N–H and O–H groups in total. The van der Waals surface area contributed by atoms with Gasteiger partial charge in [-0.1, -0.05) is 36.4 Å². The number of likely N-dealkylation sites (tertiary alicyclic amines) is 1. The van der Waals surface area contributed by atoms with E-state index in [2.05, 4.69) is 10.2 Å². The van der Waals surface area contributed by atoms with E-state index in [0.29, 0.717) is 30.9 Å². The first-order valence-corrected chi connectivity index (χ1v) is 11.0. The molecule has 0 bridgehead atoms. The van der Waals surface area contributed by atoms with Crippen molar-refractivity contribution in [2.75, 3.05) is 31.1 Å². The van der Waals surface area contributed by atoms with Gasteiger partial charge in [-0.15, -0.1) is 0 Å². The van der Waals surface area contributed by atoms with E-state index in [1.54, 1.807) is 11.1 Å². The molecule has 0 spiro atoms. The maximum Gasteiger partial charge on any atom is 0.261 e. The highest BCUT2D eigenvalue weighted by atomic mass is 16.5. The van der Waals surface area contributed by atoms with Crippen molar-refractivity contribution in [3.8, 4) is 5.75 Å². The van der Waals surface area contributed by atoms with E-state index in [4.69, 9.17) is 4.74 Å². The summed E-state index contributed by atoms with van der Waals surface area (Å²) in [5.74, 6) is 0.770. The smallest absolute Gasteiger partial charge is 0.261 e. The van der Waals surface area contributed by atoms with Crippen LogP contribution < -0.4 is 9.64 Å². The van der Waals surface area contributed by atoms with Crippen molar-refractivity contribution in [1.82, 2.24) is 15.1 Å². The normalized spacial score (nSPS) is 14.2. The molecular weight excluding hydrogens is 404 g/mol. The fraction of sp³-hybridized carbons (Fsp3) is 0.320. The summed E-state index contributed by atoms with van der Waals surface area (Å²) in [5.41, 5.74) is 2.33. The summed E-state index contributed by atoms with van der Waals surface area (Å²) in [4.78, 5) is 29.4. The summed E-state index contributed by atoms with van der Waals surface area (Å²) >= 11 is 0. The fourth-order valence-electron chi connectivity index (χ4n) is 4.15. The highest BCUT2D eigenvalue weighted by Crippen LogP contribution is 2.30. The summed E-state index contributed by atoms with van der Waals surface area (Å²) in [7, 11) is 0. The first kappa shape index (κ1) is 21.6. The lowest BCUT2D eigenvalue weighted by Gasteiger charge is -2.32. The zero-order chi connectivity index (χ0) is 22.3. The van der Waals surface area contributed by atoms with E-state index >= 15 is 0 Å². The monoisotopic (exact) mass is 432 g/mol. The molecule has 0 aliphatic carbocycles. The van der Waals surface area contributed by atoms with Crippen LogP contribution in [-0.4, -0.2) is 53.2 Å². The molecule has 1 aliphatic rings. The van der Waals surface area contributed by atoms with E-state index in [0.717, 1.165) is 24.2 Å². The van der Waals surface area contributed by atoms with Crippen molar-refractivity contribution in [3.05, 3.63) is 78.1 Å².